The summed E-state index contributed by atoms with van der Waals surface area (Å²) in [5.74, 6) is 0.473. The fraction of sp³-hybridized carbons (Fsp3) is 0.500. The third-order valence-corrected chi connectivity index (χ3v) is 6.82. The van der Waals surface area contributed by atoms with Gasteiger partial charge in [0.25, 0.3) is 0 Å². The maximum absolute atomic E-state index is 13.6. The van der Waals surface area contributed by atoms with Crippen LogP contribution in [0.5, 0.6) is 5.75 Å². The van der Waals surface area contributed by atoms with Gasteiger partial charge in [0.05, 0.1) is 6.04 Å². The summed E-state index contributed by atoms with van der Waals surface area (Å²) in [6, 6.07) is 7.61. The molecule has 0 radical (unpaired) electrons. The third kappa shape index (κ3) is 5.59. The van der Waals surface area contributed by atoms with Gasteiger partial charge in [-0.1, -0.05) is 6.07 Å². The minimum absolute atomic E-state index is 0.00933. The van der Waals surface area contributed by atoms with Crippen LogP contribution in [0.25, 0.3) is 0 Å². The maximum atomic E-state index is 13.6. The molecule has 1 atom stereocenters. The molecule has 2 aromatic rings. The molecule has 0 unspecified atom stereocenters. The quantitative estimate of drug-likeness (QED) is 0.643. The molecule has 2 heterocycles. The highest BCUT2D eigenvalue weighted by Crippen LogP contribution is 2.34. The molecule has 0 spiro atoms. The van der Waals surface area contributed by atoms with Crippen molar-refractivity contribution in [2.45, 2.75) is 45.2 Å². The number of carbonyl (C=O) groups excluding carboxylic acids is 2. The zero-order valence-electron chi connectivity index (χ0n) is 18.6. The van der Waals surface area contributed by atoms with Crippen LogP contribution >= 0.6 is 11.3 Å². The van der Waals surface area contributed by atoms with Crippen molar-refractivity contribution in [3.8, 4) is 5.75 Å². The zero-order valence-corrected chi connectivity index (χ0v) is 19.4. The number of amides is 3. The number of ether oxygens (including phenoxy) is 1. The largest absolute Gasteiger partial charge is 0.491 e. The van der Waals surface area contributed by atoms with E-state index in [0.717, 1.165) is 24.8 Å². The lowest BCUT2D eigenvalue weighted by molar-refractivity contribution is -0.135. The third-order valence-electron chi connectivity index (χ3n) is 5.82. The number of hydrogen-bond donors (Lipinski definition) is 1. The van der Waals surface area contributed by atoms with E-state index in [2.05, 4.69) is 5.32 Å². The van der Waals surface area contributed by atoms with Crippen molar-refractivity contribution in [1.82, 2.24) is 15.1 Å². The van der Waals surface area contributed by atoms with Crippen LogP contribution in [0.15, 0.2) is 35.7 Å². The summed E-state index contributed by atoms with van der Waals surface area (Å²) in [6.45, 7) is 5.29. The molecule has 4 rings (SSSR count). The Morgan fingerprint density at radius 1 is 1.31 bits per heavy atom. The molecule has 3 amide bonds. The number of benzene rings is 1. The van der Waals surface area contributed by atoms with Crippen LogP contribution in [0.4, 0.5) is 9.18 Å². The Balaban J connectivity index is 1.48. The van der Waals surface area contributed by atoms with E-state index in [1.165, 1.54) is 17.0 Å². The molecule has 0 saturated heterocycles. The average Bonchev–Trinajstić information content (AvgIpc) is 3.43. The van der Waals surface area contributed by atoms with E-state index in [1.807, 2.05) is 30.2 Å². The van der Waals surface area contributed by atoms with Crippen molar-refractivity contribution in [2.75, 3.05) is 26.2 Å². The van der Waals surface area contributed by atoms with Gasteiger partial charge in [-0.3, -0.25) is 4.79 Å². The first-order valence-corrected chi connectivity index (χ1v) is 12.1. The summed E-state index contributed by atoms with van der Waals surface area (Å²) in [7, 11) is 0. The Kier molecular flexibility index (Phi) is 6.98. The van der Waals surface area contributed by atoms with Gasteiger partial charge in [-0.2, -0.15) is 0 Å². The van der Waals surface area contributed by atoms with Gasteiger partial charge in [0.2, 0.25) is 5.91 Å². The molecule has 6 nitrogen and oxygen atoms in total. The monoisotopic (exact) mass is 459 g/mol. The maximum Gasteiger partial charge on any atom is 0.318 e. The highest BCUT2D eigenvalue weighted by molar-refractivity contribution is 7.10. The molecule has 1 aliphatic carbocycles. The average molecular weight is 460 g/mol. The minimum atomic E-state index is -0.359. The summed E-state index contributed by atoms with van der Waals surface area (Å²) >= 11 is 1.68. The topological polar surface area (TPSA) is 61.9 Å². The molecule has 1 aromatic carbocycles. The second-order valence-electron chi connectivity index (χ2n) is 8.85. The molecular weight excluding hydrogens is 429 g/mol. The van der Waals surface area contributed by atoms with E-state index in [4.69, 9.17) is 4.74 Å². The van der Waals surface area contributed by atoms with E-state index in [1.54, 1.807) is 28.4 Å². The van der Waals surface area contributed by atoms with Crippen molar-refractivity contribution in [1.29, 1.82) is 0 Å². The second kappa shape index (κ2) is 9.90. The van der Waals surface area contributed by atoms with Crippen LogP contribution in [0.3, 0.4) is 0 Å². The zero-order chi connectivity index (χ0) is 22.7. The predicted octanol–water partition coefficient (Wildman–Crippen LogP) is 4.22. The Hall–Kier alpha value is -2.61. The Morgan fingerprint density at radius 3 is 2.84 bits per heavy atom. The van der Waals surface area contributed by atoms with E-state index in [9.17, 15) is 14.0 Å². The number of nitrogens with zero attached hydrogens (tertiary/aromatic N) is 2. The van der Waals surface area contributed by atoms with Crippen molar-refractivity contribution >= 4 is 23.3 Å². The molecule has 32 heavy (non-hydrogen) atoms. The Labute approximate surface area is 192 Å². The first kappa shape index (κ1) is 22.6. The van der Waals surface area contributed by atoms with Crippen LogP contribution in [-0.2, 0) is 11.2 Å². The highest BCUT2D eigenvalue weighted by atomic mass is 32.1. The van der Waals surface area contributed by atoms with Gasteiger partial charge in [0.15, 0.2) is 0 Å². The number of thiophene rings is 1. The molecule has 172 valence electrons. The van der Waals surface area contributed by atoms with Gasteiger partial charge in [-0.15, -0.1) is 11.3 Å². The number of rotatable bonds is 8. The van der Waals surface area contributed by atoms with E-state index in [0.29, 0.717) is 24.8 Å². The molecule has 1 fully saturated rings. The molecule has 1 aromatic heterocycles. The minimum Gasteiger partial charge on any atom is -0.491 e. The van der Waals surface area contributed by atoms with E-state index in [-0.39, 0.29) is 43.0 Å². The fourth-order valence-electron chi connectivity index (χ4n) is 4.03. The van der Waals surface area contributed by atoms with Gasteiger partial charge in [-0.05, 0) is 68.2 Å². The van der Waals surface area contributed by atoms with Gasteiger partial charge in [-0.25, -0.2) is 9.18 Å². The lowest BCUT2D eigenvalue weighted by Crippen LogP contribution is -2.51. The molecule has 1 N–H and O–H groups in total. The van der Waals surface area contributed by atoms with E-state index < -0.39 is 0 Å². The molecular formula is C24H30FN3O3S. The van der Waals surface area contributed by atoms with Gasteiger partial charge < -0.3 is 19.9 Å². The first-order valence-electron chi connectivity index (χ1n) is 11.2. The number of carbonyl (C=O) groups is 2. The molecule has 8 heteroatoms. The van der Waals surface area contributed by atoms with Crippen LogP contribution in [0, 0.1) is 11.7 Å². The molecule has 0 bridgehead atoms. The smallest absolute Gasteiger partial charge is 0.318 e. The number of nitrogens with one attached hydrogen (secondary N) is 1. The molecule has 1 aliphatic heterocycles. The molecule has 1 saturated carbocycles. The Bertz CT molecular complexity index is 959. The second-order valence-corrected chi connectivity index (χ2v) is 9.85. The standard InChI is InChI=1S/C24H30FN3O3S/c1-16(2)26-24(30)27(13-17-6-7-17)14-23(29)28-10-8-22-20(9-11-32-22)21(28)15-31-19-5-3-4-18(25)12-19/h3-5,9,11-12,16-17,21H,6-8,10,13-15H2,1-2H3,(H,26,30)/t21-/m0/s1. The van der Waals surface area contributed by atoms with Crippen molar-refractivity contribution in [3.05, 3.63) is 52.0 Å². The summed E-state index contributed by atoms with van der Waals surface area (Å²) in [5.41, 5.74) is 1.08. The van der Waals surface area contributed by atoms with Crippen molar-refractivity contribution in [2.24, 2.45) is 5.92 Å². The summed E-state index contributed by atoms with van der Waals surface area (Å²) in [6.07, 6.45) is 2.99. The van der Waals surface area contributed by atoms with E-state index >= 15 is 0 Å². The van der Waals surface area contributed by atoms with Gasteiger partial charge in [0.1, 0.15) is 24.7 Å². The lowest BCUT2D eigenvalue weighted by atomic mass is 10.0. The van der Waals surface area contributed by atoms with Crippen LogP contribution in [0.2, 0.25) is 0 Å². The molecule has 2 aliphatic rings. The summed E-state index contributed by atoms with van der Waals surface area (Å²) < 4.78 is 19.4. The Morgan fingerprint density at radius 2 is 2.12 bits per heavy atom. The van der Waals surface area contributed by atoms with Crippen molar-refractivity contribution in [3.63, 3.8) is 0 Å². The first-order chi connectivity index (χ1) is 15.4. The summed E-state index contributed by atoms with van der Waals surface area (Å²) in [5, 5.41) is 4.95. The fourth-order valence-corrected chi connectivity index (χ4v) is 4.96. The van der Waals surface area contributed by atoms with Gasteiger partial charge >= 0.3 is 6.03 Å². The lowest BCUT2D eigenvalue weighted by Gasteiger charge is -2.37. The van der Waals surface area contributed by atoms with Gasteiger partial charge in [0, 0.05) is 30.1 Å². The number of urea groups is 1. The highest BCUT2D eigenvalue weighted by Gasteiger charge is 2.35. The van der Waals surface area contributed by atoms with Crippen molar-refractivity contribution < 1.29 is 18.7 Å². The van der Waals surface area contributed by atoms with Crippen LogP contribution < -0.4 is 10.1 Å². The number of fused-ring (bicyclic) bond motifs is 1. The normalized spacial score (nSPS) is 17.8. The number of halogens is 1. The SMILES string of the molecule is CC(C)NC(=O)N(CC(=O)N1CCc2sccc2[C@@H]1COc1cccc(F)c1)CC1CC1. The predicted molar refractivity (Wildman–Crippen MR) is 122 cm³/mol. The number of hydrogen-bond acceptors (Lipinski definition) is 4. The summed E-state index contributed by atoms with van der Waals surface area (Å²) in [4.78, 5) is 30.8. The van der Waals surface area contributed by atoms with Crippen LogP contribution in [0.1, 0.15) is 43.2 Å². The van der Waals surface area contributed by atoms with Crippen LogP contribution in [-0.4, -0.2) is 54.0 Å².